The van der Waals surface area contributed by atoms with Crippen molar-refractivity contribution in [1.82, 2.24) is 9.62 Å². The highest BCUT2D eigenvalue weighted by atomic mass is 32.2. The predicted molar refractivity (Wildman–Crippen MR) is 104 cm³/mol. The lowest BCUT2D eigenvalue weighted by molar-refractivity contribution is 0.0937. The van der Waals surface area contributed by atoms with Gasteiger partial charge < -0.3 is 10.1 Å². The third-order valence-corrected chi connectivity index (χ3v) is 7.56. The summed E-state index contributed by atoms with van der Waals surface area (Å²) in [5.74, 6) is -0.294. The molecule has 27 heavy (non-hydrogen) atoms. The van der Waals surface area contributed by atoms with Gasteiger partial charge >= 0.3 is 0 Å². The van der Waals surface area contributed by atoms with E-state index in [1.54, 1.807) is 29.6 Å². The maximum absolute atomic E-state index is 13.3. The van der Waals surface area contributed by atoms with Crippen LogP contribution in [0.5, 0.6) is 0 Å². The van der Waals surface area contributed by atoms with Gasteiger partial charge in [-0.1, -0.05) is 26.8 Å². The predicted octanol–water partition coefficient (Wildman–Crippen LogP) is 2.65. The van der Waals surface area contributed by atoms with E-state index in [1.807, 2.05) is 0 Å². The molecule has 0 unspecified atom stereocenters. The van der Waals surface area contributed by atoms with Gasteiger partial charge in [-0.3, -0.25) is 4.79 Å². The van der Waals surface area contributed by atoms with E-state index in [1.165, 1.54) is 6.07 Å². The number of benzene rings is 1. The molecule has 3 rings (SSSR count). The molecular formula is C20H30N2O4S. The molecule has 150 valence electrons. The van der Waals surface area contributed by atoms with Gasteiger partial charge in [-0.05, 0) is 48.3 Å². The van der Waals surface area contributed by atoms with Crippen LogP contribution in [-0.2, 0) is 14.8 Å². The normalized spacial score (nSPS) is 27.5. The molecule has 1 saturated heterocycles. The van der Waals surface area contributed by atoms with Gasteiger partial charge in [0.1, 0.15) is 0 Å². The minimum Gasteiger partial charge on any atom is -0.383 e. The van der Waals surface area contributed by atoms with Crippen molar-refractivity contribution >= 4 is 15.9 Å². The molecule has 2 atom stereocenters. The van der Waals surface area contributed by atoms with E-state index < -0.39 is 10.0 Å². The number of amides is 1. The largest absolute Gasteiger partial charge is 0.383 e. The van der Waals surface area contributed by atoms with Gasteiger partial charge in [-0.2, -0.15) is 4.31 Å². The zero-order chi connectivity index (χ0) is 19.9. The number of hydrogen-bond donors (Lipinski definition) is 1. The van der Waals surface area contributed by atoms with E-state index in [-0.39, 0.29) is 27.7 Å². The average molecular weight is 395 g/mol. The second-order valence-corrected chi connectivity index (χ2v) is 10.9. The minimum absolute atomic E-state index is 0.0224. The van der Waals surface area contributed by atoms with Crippen LogP contribution >= 0.6 is 0 Å². The van der Waals surface area contributed by atoms with Crippen LogP contribution in [0.1, 0.15) is 50.4 Å². The van der Waals surface area contributed by atoms with Crippen LogP contribution in [0.4, 0.5) is 0 Å². The number of hydrogen-bond acceptors (Lipinski definition) is 4. The summed E-state index contributed by atoms with van der Waals surface area (Å²) in [4.78, 5) is 12.5. The maximum atomic E-state index is 13.3. The van der Waals surface area contributed by atoms with Crippen LogP contribution < -0.4 is 5.32 Å². The summed E-state index contributed by atoms with van der Waals surface area (Å²) in [6, 6.07) is 6.35. The number of ether oxygens (including phenoxy) is 1. The van der Waals surface area contributed by atoms with Crippen molar-refractivity contribution < 1.29 is 17.9 Å². The van der Waals surface area contributed by atoms with Gasteiger partial charge in [0, 0.05) is 31.8 Å². The number of carbonyl (C=O) groups excluding carboxylic acids is 1. The molecule has 2 aliphatic rings. The summed E-state index contributed by atoms with van der Waals surface area (Å²) in [7, 11) is -2.07. The first-order valence-electron chi connectivity index (χ1n) is 9.45. The lowest BCUT2D eigenvalue weighted by atomic mass is 9.65. The summed E-state index contributed by atoms with van der Waals surface area (Å²) in [6.45, 7) is 7.97. The van der Waals surface area contributed by atoms with Crippen LogP contribution in [-0.4, -0.2) is 51.5 Å². The van der Waals surface area contributed by atoms with Gasteiger partial charge in [-0.15, -0.1) is 0 Å². The Morgan fingerprint density at radius 2 is 2.04 bits per heavy atom. The third kappa shape index (κ3) is 4.20. The van der Waals surface area contributed by atoms with Crippen LogP contribution in [0, 0.1) is 10.8 Å². The smallest absolute Gasteiger partial charge is 0.251 e. The first-order valence-corrected chi connectivity index (χ1v) is 10.9. The molecule has 2 fully saturated rings. The molecule has 1 saturated carbocycles. The van der Waals surface area contributed by atoms with Crippen LogP contribution in [0.25, 0.3) is 0 Å². The van der Waals surface area contributed by atoms with E-state index in [0.717, 1.165) is 19.3 Å². The Morgan fingerprint density at radius 3 is 2.74 bits per heavy atom. The Kier molecular flexibility index (Phi) is 5.40. The second-order valence-electron chi connectivity index (χ2n) is 9.04. The number of fused-ring (bicyclic) bond motifs is 2. The molecule has 1 aliphatic carbocycles. The summed E-state index contributed by atoms with van der Waals surface area (Å²) in [5.41, 5.74) is 0.514. The molecule has 0 radical (unpaired) electrons. The van der Waals surface area contributed by atoms with Crippen molar-refractivity contribution in [2.24, 2.45) is 10.8 Å². The monoisotopic (exact) mass is 394 g/mol. The van der Waals surface area contributed by atoms with Gasteiger partial charge in [0.25, 0.3) is 5.91 Å². The van der Waals surface area contributed by atoms with E-state index in [9.17, 15) is 13.2 Å². The lowest BCUT2D eigenvalue weighted by Crippen LogP contribution is -2.37. The number of nitrogens with zero attached hydrogens (tertiary/aromatic N) is 1. The fourth-order valence-electron chi connectivity index (χ4n) is 4.99. The minimum atomic E-state index is -3.63. The van der Waals surface area contributed by atoms with Crippen LogP contribution in [0.3, 0.4) is 0 Å². The molecule has 1 N–H and O–H groups in total. The zero-order valence-electron chi connectivity index (χ0n) is 16.6. The van der Waals surface area contributed by atoms with Crippen molar-refractivity contribution in [3.8, 4) is 0 Å². The zero-order valence-corrected chi connectivity index (χ0v) is 17.4. The van der Waals surface area contributed by atoms with Crippen molar-refractivity contribution in [2.45, 2.75) is 51.0 Å². The summed E-state index contributed by atoms with van der Waals surface area (Å²) in [6.07, 6.45) is 2.82. The molecule has 1 aromatic carbocycles. The Balaban J connectivity index is 1.84. The molecule has 0 spiro atoms. The van der Waals surface area contributed by atoms with Crippen molar-refractivity contribution in [3.05, 3.63) is 29.8 Å². The van der Waals surface area contributed by atoms with Crippen LogP contribution in [0.2, 0.25) is 0 Å². The highest BCUT2D eigenvalue weighted by Crippen LogP contribution is 2.53. The molecule has 7 heteroatoms. The Hall–Kier alpha value is -1.44. The summed E-state index contributed by atoms with van der Waals surface area (Å²) >= 11 is 0. The van der Waals surface area contributed by atoms with Gasteiger partial charge in [0.15, 0.2) is 0 Å². The first kappa shape index (κ1) is 20.3. The van der Waals surface area contributed by atoms with Crippen molar-refractivity contribution in [2.75, 3.05) is 26.8 Å². The number of methoxy groups -OCH3 is 1. The number of rotatable bonds is 6. The fraction of sp³-hybridized carbons (Fsp3) is 0.650. The molecule has 1 amide bonds. The van der Waals surface area contributed by atoms with Gasteiger partial charge in [0.05, 0.1) is 11.5 Å². The summed E-state index contributed by atoms with van der Waals surface area (Å²) < 4.78 is 33.3. The molecular weight excluding hydrogens is 364 g/mol. The highest BCUT2D eigenvalue weighted by molar-refractivity contribution is 7.89. The molecule has 0 aromatic heterocycles. The Labute approximate surface area is 162 Å². The number of nitrogens with one attached hydrogen (secondary N) is 1. The Bertz CT molecular complexity index is 821. The van der Waals surface area contributed by atoms with Gasteiger partial charge in [0.2, 0.25) is 10.0 Å². The standard InChI is InChI=1S/C20H30N2O4S/c1-19(2)11-16-12-20(3,13-19)14-22(16)27(24,25)17-7-5-6-15(10-17)18(23)21-8-9-26-4/h5-7,10,16H,8-9,11-14H2,1-4H3,(H,21,23)/t16-,20+/m0/s1. The summed E-state index contributed by atoms with van der Waals surface area (Å²) in [5, 5.41) is 2.73. The van der Waals surface area contributed by atoms with Crippen molar-refractivity contribution in [1.29, 1.82) is 0 Å². The van der Waals surface area contributed by atoms with E-state index >= 15 is 0 Å². The SMILES string of the molecule is COCCNC(=O)c1cccc(S(=O)(=O)N2C[C@]3(C)C[C@@H]2CC(C)(C)C3)c1. The highest BCUT2D eigenvalue weighted by Gasteiger charge is 2.53. The Morgan fingerprint density at radius 1 is 1.30 bits per heavy atom. The van der Waals surface area contributed by atoms with Gasteiger partial charge in [-0.25, -0.2) is 8.42 Å². The lowest BCUT2D eigenvalue weighted by Gasteiger charge is -2.39. The fourth-order valence-corrected chi connectivity index (χ4v) is 6.81. The maximum Gasteiger partial charge on any atom is 0.251 e. The first-order chi connectivity index (χ1) is 12.6. The van der Waals surface area contributed by atoms with Crippen LogP contribution in [0.15, 0.2) is 29.2 Å². The van der Waals surface area contributed by atoms with E-state index in [4.69, 9.17) is 4.74 Å². The third-order valence-electron chi connectivity index (χ3n) is 5.66. The molecule has 1 heterocycles. The quantitative estimate of drug-likeness (QED) is 0.753. The average Bonchev–Trinajstić information content (AvgIpc) is 2.84. The van der Waals surface area contributed by atoms with E-state index in [2.05, 4.69) is 26.1 Å². The molecule has 2 bridgehead atoms. The van der Waals surface area contributed by atoms with Crippen molar-refractivity contribution in [3.63, 3.8) is 0 Å². The molecule has 6 nitrogen and oxygen atoms in total. The second kappa shape index (κ2) is 7.18. The van der Waals surface area contributed by atoms with E-state index in [0.29, 0.717) is 25.3 Å². The topological polar surface area (TPSA) is 75.7 Å². The molecule has 1 aromatic rings. The molecule has 1 aliphatic heterocycles. The number of sulfonamides is 1. The number of carbonyl (C=O) groups is 1.